The van der Waals surface area contributed by atoms with Crippen molar-refractivity contribution >= 4 is 23.0 Å². The fraction of sp³-hybridized carbons (Fsp3) is 0.500. The molecule has 0 radical (unpaired) electrons. The van der Waals surface area contributed by atoms with Crippen LogP contribution in [0.4, 0.5) is 5.69 Å². The van der Waals surface area contributed by atoms with Crippen LogP contribution in [0, 0.1) is 0 Å². The summed E-state index contributed by atoms with van der Waals surface area (Å²) in [6.45, 7) is 4.76. The van der Waals surface area contributed by atoms with Gasteiger partial charge in [-0.15, -0.1) is 0 Å². The highest BCUT2D eigenvalue weighted by molar-refractivity contribution is 7.80. The first kappa shape index (κ1) is 14.1. The van der Waals surface area contributed by atoms with E-state index in [1.54, 1.807) is 7.11 Å². The number of aliphatic hydroxyl groups is 1. The summed E-state index contributed by atoms with van der Waals surface area (Å²) in [5.74, 6) is 0.752. The third kappa shape index (κ3) is 2.67. The van der Waals surface area contributed by atoms with Gasteiger partial charge in [0.2, 0.25) is 0 Å². The minimum absolute atomic E-state index is 0.341. The normalized spacial score (nSPS) is 21.3. The van der Waals surface area contributed by atoms with Crippen LogP contribution in [-0.4, -0.2) is 40.4 Å². The van der Waals surface area contributed by atoms with Crippen LogP contribution in [0.15, 0.2) is 24.3 Å². The predicted molar refractivity (Wildman–Crippen MR) is 80.6 cm³/mol. The molecule has 0 aliphatic carbocycles. The van der Waals surface area contributed by atoms with Crippen molar-refractivity contribution in [2.45, 2.75) is 31.9 Å². The van der Waals surface area contributed by atoms with Gasteiger partial charge < -0.3 is 20.1 Å². The number of hydrogen-bond acceptors (Lipinski definition) is 3. The van der Waals surface area contributed by atoms with Crippen molar-refractivity contribution in [3.63, 3.8) is 0 Å². The number of nitrogens with zero attached hydrogens (tertiary/aromatic N) is 1. The second kappa shape index (κ2) is 5.35. The lowest BCUT2D eigenvalue weighted by Crippen LogP contribution is -2.49. The van der Waals surface area contributed by atoms with Crippen LogP contribution in [0.25, 0.3) is 0 Å². The van der Waals surface area contributed by atoms with Gasteiger partial charge in [-0.2, -0.15) is 0 Å². The monoisotopic (exact) mass is 280 g/mol. The Morgan fingerprint density at radius 2 is 2.16 bits per heavy atom. The zero-order valence-corrected chi connectivity index (χ0v) is 12.3. The molecule has 2 N–H and O–H groups in total. The van der Waals surface area contributed by atoms with Crippen molar-refractivity contribution < 1.29 is 9.84 Å². The molecule has 1 unspecified atom stereocenters. The molecule has 0 bridgehead atoms. The zero-order chi connectivity index (χ0) is 14.0. The zero-order valence-electron chi connectivity index (χ0n) is 11.5. The fourth-order valence-electron chi connectivity index (χ4n) is 2.37. The molecule has 1 aromatic rings. The van der Waals surface area contributed by atoms with E-state index in [1.165, 1.54) is 0 Å². The van der Waals surface area contributed by atoms with E-state index in [4.69, 9.17) is 17.0 Å². The lowest BCUT2D eigenvalue weighted by Gasteiger charge is -2.35. The summed E-state index contributed by atoms with van der Waals surface area (Å²) in [5.41, 5.74) is 0.499. The number of likely N-dealkylation sites (tertiary alicyclic amines) is 1. The quantitative estimate of drug-likeness (QED) is 0.814. The Balaban J connectivity index is 2.14. The summed E-state index contributed by atoms with van der Waals surface area (Å²) >= 11 is 5.45. The molecule has 2 rings (SSSR count). The highest BCUT2D eigenvalue weighted by Gasteiger charge is 2.41. The minimum atomic E-state index is -0.357. The van der Waals surface area contributed by atoms with Crippen molar-refractivity contribution in [1.29, 1.82) is 0 Å². The van der Waals surface area contributed by atoms with Crippen molar-refractivity contribution in [3.8, 4) is 5.75 Å². The van der Waals surface area contributed by atoms with E-state index >= 15 is 0 Å². The van der Waals surface area contributed by atoms with Crippen molar-refractivity contribution in [1.82, 2.24) is 4.90 Å². The number of thiocarbonyl (C=S) groups is 1. The first-order chi connectivity index (χ1) is 8.96. The van der Waals surface area contributed by atoms with Crippen LogP contribution in [0.3, 0.4) is 0 Å². The van der Waals surface area contributed by atoms with Crippen LogP contribution >= 0.6 is 12.2 Å². The maximum Gasteiger partial charge on any atom is 0.174 e. The van der Waals surface area contributed by atoms with E-state index in [0.717, 1.165) is 24.4 Å². The number of para-hydroxylation sites is 2. The number of ether oxygens (including phenoxy) is 1. The number of aliphatic hydroxyl groups excluding tert-OH is 1. The number of benzene rings is 1. The van der Waals surface area contributed by atoms with Gasteiger partial charge in [0.15, 0.2) is 5.11 Å². The van der Waals surface area contributed by atoms with Crippen molar-refractivity contribution in [3.05, 3.63) is 24.3 Å². The molecule has 19 heavy (non-hydrogen) atoms. The average Bonchev–Trinajstić information content (AvgIpc) is 2.65. The Hall–Kier alpha value is -1.33. The first-order valence-corrected chi connectivity index (χ1v) is 6.77. The summed E-state index contributed by atoms with van der Waals surface area (Å²) in [6, 6.07) is 7.65. The molecule has 5 heteroatoms. The van der Waals surface area contributed by atoms with E-state index in [9.17, 15) is 5.11 Å². The molecule has 104 valence electrons. The number of nitrogens with one attached hydrogen (secondary N) is 1. The largest absolute Gasteiger partial charge is 0.495 e. The first-order valence-electron chi connectivity index (χ1n) is 6.36. The number of anilines is 1. The van der Waals surface area contributed by atoms with Gasteiger partial charge in [0, 0.05) is 6.54 Å². The van der Waals surface area contributed by atoms with E-state index in [2.05, 4.69) is 5.32 Å². The smallest absolute Gasteiger partial charge is 0.174 e. The maximum absolute atomic E-state index is 9.99. The molecule has 0 saturated carbocycles. The Morgan fingerprint density at radius 1 is 1.47 bits per heavy atom. The topological polar surface area (TPSA) is 44.7 Å². The Labute approximate surface area is 119 Å². The van der Waals surface area contributed by atoms with Gasteiger partial charge in [-0.3, -0.25) is 0 Å². The Kier molecular flexibility index (Phi) is 3.96. The van der Waals surface area contributed by atoms with E-state index in [1.807, 2.05) is 43.0 Å². The molecular weight excluding hydrogens is 260 g/mol. The number of rotatable bonds is 2. The van der Waals surface area contributed by atoms with E-state index in [-0.39, 0.29) is 11.6 Å². The van der Waals surface area contributed by atoms with Crippen LogP contribution in [0.2, 0.25) is 0 Å². The molecule has 1 saturated heterocycles. The molecule has 1 fully saturated rings. The maximum atomic E-state index is 9.99. The van der Waals surface area contributed by atoms with Crippen LogP contribution in [-0.2, 0) is 0 Å². The lowest BCUT2D eigenvalue weighted by molar-refractivity contribution is 0.0866. The van der Waals surface area contributed by atoms with Crippen molar-refractivity contribution in [2.75, 3.05) is 19.0 Å². The molecule has 1 aliphatic heterocycles. The molecule has 0 amide bonds. The van der Waals surface area contributed by atoms with Gasteiger partial charge in [0.25, 0.3) is 0 Å². The van der Waals surface area contributed by atoms with Crippen LogP contribution in [0.1, 0.15) is 20.3 Å². The van der Waals surface area contributed by atoms with Gasteiger partial charge in [-0.1, -0.05) is 12.1 Å². The number of methoxy groups -OCH3 is 1. The molecular formula is C14H20N2O2S. The van der Waals surface area contributed by atoms with Gasteiger partial charge in [-0.05, 0) is 44.6 Å². The van der Waals surface area contributed by atoms with E-state index in [0.29, 0.717) is 5.11 Å². The summed E-state index contributed by atoms with van der Waals surface area (Å²) in [7, 11) is 1.63. The summed E-state index contributed by atoms with van der Waals surface area (Å²) in [5, 5.41) is 13.8. The number of hydrogen-bond donors (Lipinski definition) is 2. The Bertz CT molecular complexity index is 476. The Morgan fingerprint density at radius 3 is 2.74 bits per heavy atom. The molecule has 1 aromatic carbocycles. The SMILES string of the molecule is COc1ccccc1NC(=S)N1CCC(O)C1(C)C. The van der Waals surface area contributed by atoms with E-state index < -0.39 is 0 Å². The minimum Gasteiger partial charge on any atom is -0.495 e. The second-order valence-electron chi connectivity index (χ2n) is 5.24. The van der Waals surface area contributed by atoms with Crippen molar-refractivity contribution in [2.24, 2.45) is 0 Å². The standard InChI is InChI=1S/C14H20N2O2S/c1-14(2)12(17)8-9-16(14)13(19)15-10-6-4-5-7-11(10)18-3/h4-7,12,17H,8-9H2,1-3H3,(H,15,19). The van der Waals surface area contributed by atoms with Gasteiger partial charge >= 0.3 is 0 Å². The third-order valence-electron chi connectivity index (χ3n) is 3.73. The van der Waals surface area contributed by atoms with Crippen LogP contribution in [0.5, 0.6) is 5.75 Å². The third-order valence-corrected chi connectivity index (χ3v) is 4.05. The fourth-order valence-corrected chi connectivity index (χ4v) is 2.80. The average molecular weight is 280 g/mol. The molecule has 1 atom stereocenters. The van der Waals surface area contributed by atoms with Gasteiger partial charge in [0.1, 0.15) is 5.75 Å². The van der Waals surface area contributed by atoms with Crippen LogP contribution < -0.4 is 10.1 Å². The molecule has 0 spiro atoms. The van der Waals surface area contributed by atoms with Gasteiger partial charge in [-0.25, -0.2) is 0 Å². The lowest BCUT2D eigenvalue weighted by atomic mass is 9.99. The highest BCUT2D eigenvalue weighted by Crippen LogP contribution is 2.31. The predicted octanol–water partition coefficient (Wildman–Crippen LogP) is 2.24. The molecule has 0 aromatic heterocycles. The van der Waals surface area contributed by atoms with Gasteiger partial charge in [0.05, 0.1) is 24.4 Å². The summed E-state index contributed by atoms with van der Waals surface area (Å²) in [6.07, 6.45) is 0.380. The highest BCUT2D eigenvalue weighted by atomic mass is 32.1. The molecule has 1 aliphatic rings. The molecule has 1 heterocycles. The molecule has 4 nitrogen and oxygen atoms in total. The summed E-state index contributed by atoms with van der Waals surface area (Å²) in [4.78, 5) is 2.03. The second-order valence-corrected chi connectivity index (χ2v) is 5.63. The summed E-state index contributed by atoms with van der Waals surface area (Å²) < 4.78 is 5.29.